The van der Waals surface area contributed by atoms with Gasteiger partial charge in [0.25, 0.3) is 10.0 Å². The van der Waals surface area contributed by atoms with Gasteiger partial charge in [-0.2, -0.15) is 0 Å². The van der Waals surface area contributed by atoms with Crippen molar-refractivity contribution in [2.45, 2.75) is 4.90 Å². The average molecular weight is 329 g/mol. The SMILES string of the molecule is CN(C)c1ccc(NS(=O)(=O)c2ccc(F)c(Cl)c2)cc1. The lowest BCUT2D eigenvalue weighted by Gasteiger charge is -2.13. The van der Waals surface area contributed by atoms with Crippen molar-refractivity contribution in [1.82, 2.24) is 0 Å². The molecule has 0 amide bonds. The van der Waals surface area contributed by atoms with Crippen LogP contribution >= 0.6 is 11.6 Å². The lowest BCUT2D eigenvalue weighted by molar-refractivity contribution is 0.599. The minimum atomic E-state index is -3.80. The van der Waals surface area contributed by atoms with E-state index < -0.39 is 15.8 Å². The van der Waals surface area contributed by atoms with E-state index in [-0.39, 0.29) is 9.92 Å². The Kier molecular flexibility index (Phi) is 4.39. The van der Waals surface area contributed by atoms with Crippen molar-refractivity contribution in [2.75, 3.05) is 23.7 Å². The molecule has 0 aliphatic rings. The van der Waals surface area contributed by atoms with Gasteiger partial charge in [-0.1, -0.05) is 11.6 Å². The molecule has 21 heavy (non-hydrogen) atoms. The molecule has 1 N–H and O–H groups in total. The number of anilines is 2. The zero-order valence-electron chi connectivity index (χ0n) is 11.5. The van der Waals surface area contributed by atoms with Crippen LogP contribution in [-0.4, -0.2) is 22.5 Å². The first-order chi connectivity index (χ1) is 9.79. The van der Waals surface area contributed by atoms with Crippen LogP contribution in [0, 0.1) is 5.82 Å². The highest BCUT2D eigenvalue weighted by molar-refractivity contribution is 7.92. The van der Waals surface area contributed by atoms with Gasteiger partial charge < -0.3 is 4.90 Å². The second kappa shape index (κ2) is 5.91. The Morgan fingerprint density at radius 2 is 1.71 bits per heavy atom. The fraction of sp³-hybridized carbons (Fsp3) is 0.143. The molecule has 0 aliphatic carbocycles. The van der Waals surface area contributed by atoms with Crippen molar-refractivity contribution in [3.8, 4) is 0 Å². The molecule has 7 heteroatoms. The van der Waals surface area contributed by atoms with Crippen LogP contribution in [0.25, 0.3) is 0 Å². The summed E-state index contributed by atoms with van der Waals surface area (Å²) in [6.07, 6.45) is 0. The maximum absolute atomic E-state index is 13.1. The van der Waals surface area contributed by atoms with Gasteiger partial charge in [0.15, 0.2) is 0 Å². The molecule has 0 heterocycles. The van der Waals surface area contributed by atoms with Gasteiger partial charge in [0.05, 0.1) is 9.92 Å². The van der Waals surface area contributed by atoms with Crippen molar-refractivity contribution >= 4 is 33.0 Å². The van der Waals surface area contributed by atoms with Gasteiger partial charge >= 0.3 is 0 Å². The molecule has 0 radical (unpaired) electrons. The van der Waals surface area contributed by atoms with E-state index in [2.05, 4.69) is 4.72 Å². The largest absolute Gasteiger partial charge is 0.378 e. The van der Waals surface area contributed by atoms with E-state index in [9.17, 15) is 12.8 Å². The third-order valence-electron chi connectivity index (χ3n) is 2.84. The van der Waals surface area contributed by atoms with Gasteiger partial charge in [0.1, 0.15) is 5.82 Å². The zero-order chi connectivity index (χ0) is 15.6. The molecule has 0 spiro atoms. The van der Waals surface area contributed by atoms with Crippen LogP contribution < -0.4 is 9.62 Å². The first kappa shape index (κ1) is 15.6. The van der Waals surface area contributed by atoms with Crippen molar-refractivity contribution < 1.29 is 12.8 Å². The molecule has 112 valence electrons. The summed E-state index contributed by atoms with van der Waals surface area (Å²) in [6.45, 7) is 0. The van der Waals surface area contributed by atoms with Crippen LogP contribution in [0.2, 0.25) is 5.02 Å². The number of benzene rings is 2. The predicted octanol–water partition coefficient (Wildman–Crippen LogP) is 3.35. The van der Waals surface area contributed by atoms with Crippen LogP contribution in [0.4, 0.5) is 15.8 Å². The number of hydrogen-bond acceptors (Lipinski definition) is 3. The highest BCUT2D eigenvalue weighted by Crippen LogP contribution is 2.23. The van der Waals surface area contributed by atoms with Crippen molar-refractivity contribution in [1.29, 1.82) is 0 Å². The molecular weight excluding hydrogens is 315 g/mol. The van der Waals surface area contributed by atoms with Crippen molar-refractivity contribution in [2.24, 2.45) is 0 Å². The standard InChI is InChI=1S/C14H14ClFN2O2S/c1-18(2)11-5-3-10(4-6-11)17-21(19,20)12-7-8-14(16)13(15)9-12/h3-9,17H,1-2H3. The van der Waals surface area contributed by atoms with E-state index in [0.717, 1.165) is 23.9 Å². The summed E-state index contributed by atoms with van der Waals surface area (Å²) < 4.78 is 39.9. The van der Waals surface area contributed by atoms with Crippen LogP contribution in [0.1, 0.15) is 0 Å². The Balaban J connectivity index is 2.26. The Morgan fingerprint density at radius 1 is 1.10 bits per heavy atom. The Labute approximate surface area is 128 Å². The summed E-state index contributed by atoms with van der Waals surface area (Å²) >= 11 is 5.61. The number of rotatable bonds is 4. The molecule has 0 aliphatic heterocycles. The number of hydrogen-bond donors (Lipinski definition) is 1. The molecular formula is C14H14ClFN2O2S. The molecule has 0 unspecified atom stereocenters. The molecule has 0 atom stereocenters. The lowest BCUT2D eigenvalue weighted by Crippen LogP contribution is -2.13. The van der Waals surface area contributed by atoms with Crippen LogP contribution in [0.5, 0.6) is 0 Å². The first-order valence-corrected chi connectivity index (χ1v) is 7.91. The third-order valence-corrected chi connectivity index (χ3v) is 4.51. The van der Waals surface area contributed by atoms with Gasteiger partial charge in [-0.3, -0.25) is 4.72 Å². The topological polar surface area (TPSA) is 49.4 Å². The molecule has 0 fully saturated rings. The summed E-state index contributed by atoms with van der Waals surface area (Å²) in [5.74, 6) is -0.661. The van der Waals surface area contributed by atoms with Gasteiger partial charge in [0.2, 0.25) is 0 Å². The molecule has 0 bridgehead atoms. The maximum atomic E-state index is 13.1. The minimum absolute atomic E-state index is 0.0920. The molecule has 2 aromatic rings. The summed E-state index contributed by atoms with van der Waals surface area (Å²) in [4.78, 5) is 1.81. The van der Waals surface area contributed by atoms with Crippen LogP contribution in [0.3, 0.4) is 0 Å². The zero-order valence-corrected chi connectivity index (χ0v) is 13.0. The molecule has 2 aromatic carbocycles. The van der Waals surface area contributed by atoms with Gasteiger partial charge in [0, 0.05) is 25.5 Å². The van der Waals surface area contributed by atoms with Gasteiger partial charge in [-0.25, -0.2) is 12.8 Å². The summed E-state index contributed by atoms with van der Waals surface area (Å²) in [5, 5.41) is -0.235. The van der Waals surface area contributed by atoms with Crippen molar-refractivity contribution in [3.05, 3.63) is 53.3 Å². The number of sulfonamides is 1. The maximum Gasteiger partial charge on any atom is 0.261 e. The quantitative estimate of drug-likeness (QED) is 0.936. The molecule has 0 saturated carbocycles. The molecule has 0 saturated heterocycles. The number of nitrogens with one attached hydrogen (secondary N) is 1. The van der Waals surface area contributed by atoms with E-state index in [0.29, 0.717) is 5.69 Å². The van der Waals surface area contributed by atoms with E-state index in [4.69, 9.17) is 11.6 Å². The Bertz CT molecular complexity index is 746. The fourth-order valence-electron chi connectivity index (χ4n) is 1.69. The second-order valence-electron chi connectivity index (χ2n) is 4.62. The summed E-state index contributed by atoms with van der Waals surface area (Å²) in [5.41, 5.74) is 1.36. The van der Waals surface area contributed by atoms with E-state index in [1.807, 2.05) is 19.0 Å². The normalized spacial score (nSPS) is 11.2. The summed E-state index contributed by atoms with van der Waals surface area (Å²) in [7, 11) is -0.0232. The van der Waals surface area contributed by atoms with Crippen molar-refractivity contribution in [3.63, 3.8) is 0 Å². The highest BCUT2D eigenvalue weighted by Gasteiger charge is 2.16. The smallest absolute Gasteiger partial charge is 0.261 e. The van der Waals surface area contributed by atoms with E-state index in [1.54, 1.807) is 24.3 Å². The Morgan fingerprint density at radius 3 is 2.24 bits per heavy atom. The van der Waals surface area contributed by atoms with Crippen LogP contribution in [0.15, 0.2) is 47.4 Å². The monoisotopic (exact) mass is 328 g/mol. The summed E-state index contributed by atoms with van der Waals surface area (Å²) in [6, 6.07) is 10.1. The minimum Gasteiger partial charge on any atom is -0.378 e. The van der Waals surface area contributed by atoms with Gasteiger partial charge in [-0.05, 0) is 42.5 Å². The van der Waals surface area contributed by atoms with E-state index in [1.165, 1.54) is 0 Å². The second-order valence-corrected chi connectivity index (χ2v) is 6.71. The lowest BCUT2D eigenvalue weighted by atomic mass is 10.3. The fourth-order valence-corrected chi connectivity index (χ4v) is 3.02. The first-order valence-electron chi connectivity index (χ1n) is 6.05. The van der Waals surface area contributed by atoms with E-state index >= 15 is 0 Å². The predicted molar refractivity (Wildman–Crippen MR) is 83.0 cm³/mol. The van der Waals surface area contributed by atoms with Crippen LogP contribution in [-0.2, 0) is 10.0 Å². The molecule has 4 nitrogen and oxygen atoms in total. The average Bonchev–Trinajstić information content (AvgIpc) is 2.42. The Hall–Kier alpha value is -1.79. The molecule has 0 aromatic heterocycles. The third kappa shape index (κ3) is 3.65. The highest BCUT2D eigenvalue weighted by atomic mass is 35.5. The number of nitrogens with zero attached hydrogens (tertiary/aromatic N) is 1. The van der Waals surface area contributed by atoms with Gasteiger partial charge in [-0.15, -0.1) is 0 Å². The number of halogens is 2. The molecule has 2 rings (SSSR count).